The zero-order valence-electron chi connectivity index (χ0n) is 1.22. The van der Waals surface area contributed by atoms with Crippen LogP contribution in [0, 0.1) is 0 Å². The molecule has 0 aromatic carbocycles. The van der Waals surface area contributed by atoms with Gasteiger partial charge >= 0.3 is 650 Å². The summed E-state index contributed by atoms with van der Waals surface area (Å²) in [4.78, 5) is 0. The Morgan fingerprint density at radius 1 is 0.0800 bits per heavy atom. The minimum absolute atomic E-state index is 0. The fourth-order valence-electron chi connectivity index (χ4n) is 0. The Kier molecular flexibility index (Phi) is 1520. The molecule has 0 rings (SSSR count). The molecule has 0 heterocycles. The van der Waals surface area contributed by atoms with E-state index in [9.17, 15) is 0 Å². The molecule has 0 saturated carbocycles. The van der Waals surface area contributed by atoms with Gasteiger partial charge in [0.25, 0.3) is 0 Å². The molecule has 0 unspecified atom stereocenters. The SMILES string of the molecule is Cl.Cl.Cl.[NaH].[NaH].[NaH].[NaH].[NaH].[NaH].[NaH].[NaH].[NaH].[NaH].[NaH].[NaH].[NaH].[NaH].[NaH].[NaH].[NaH].[NaH].[NaH].[NaH].[NaH].[NaH]. The molecule has 0 nitrogen and oxygen atoms in total. The molecule has 0 radical (unpaired) electrons. The zero-order valence-corrected chi connectivity index (χ0v) is 3.67. The second kappa shape index (κ2) is 189. The van der Waals surface area contributed by atoms with Crippen LogP contribution in [0.25, 0.3) is 0 Å². The Morgan fingerprint density at radius 3 is 0.0800 bits per heavy atom. The molecule has 0 fully saturated rings. The van der Waals surface area contributed by atoms with E-state index >= 15 is 0 Å². The third kappa shape index (κ3) is 180. The molecule has 68 valence electrons. The molecule has 0 N–H and O–H groups in total. The van der Waals surface area contributed by atoms with E-state index in [4.69, 9.17) is 0 Å². The molecule has 0 aliphatic carbocycles. The van der Waals surface area contributed by atoms with E-state index in [2.05, 4.69) is 0 Å². The Morgan fingerprint density at radius 2 is 0.0800 bits per heavy atom. The average Bonchev–Trinajstić information content (AvgIpc) is 0. The molecule has 0 spiro atoms. The number of hydrogen-bond donors (Lipinski definition) is 0. The Balaban J connectivity index is 0. The molecule has 25 heavy (non-hydrogen) atoms. The molecular weight excluding hydrogens is 612 g/mol. The van der Waals surface area contributed by atoms with Crippen LogP contribution in [0.1, 0.15) is 0 Å². The first-order valence-corrected chi connectivity index (χ1v) is 0. The number of rotatable bonds is 0. The van der Waals surface area contributed by atoms with Gasteiger partial charge in [-0.05, 0) is 0 Å². The van der Waals surface area contributed by atoms with Crippen LogP contribution in [0.4, 0.5) is 0 Å². The zero-order chi connectivity index (χ0) is 0. The third-order valence-electron chi connectivity index (χ3n) is 0. The average molecular weight is 637 g/mol. The summed E-state index contributed by atoms with van der Waals surface area (Å²) in [5.74, 6) is 0. The molecule has 0 bridgehead atoms. The van der Waals surface area contributed by atoms with E-state index in [1.807, 2.05) is 0 Å². The van der Waals surface area contributed by atoms with Crippen LogP contribution in [0.5, 0.6) is 0 Å². The normalized spacial score (nSPS) is 0. The standard InChI is InChI=1S/3ClH.22Na.22H/h3*1H;;;;;;;;;;;;;;;;;;;;;;;;;;;;;;;;;;;;;;;;;;;;. The minimum atomic E-state index is 0. The van der Waals surface area contributed by atoms with Crippen molar-refractivity contribution >= 4 is 687 Å². The van der Waals surface area contributed by atoms with Gasteiger partial charge in [0.2, 0.25) is 0 Å². The predicted molar refractivity (Wildman–Crippen MR) is 179 cm³/mol. The Bertz CT molecular complexity index is 13.2. The van der Waals surface area contributed by atoms with E-state index in [0.29, 0.717) is 0 Å². The second-order valence-corrected chi connectivity index (χ2v) is 0. The van der Waals surface area contributed by atoms with E-state index in [1.165, 1.54) is 0 Å². The van der Waals surface area contributed by atoms with Crippen molar-refractivity contribution in [2.45, 2.75) is 0 Å². The van der Waals surface area contributed by atoms with Gasteiger partial charge in [-0.3, -0.25) is 0 Å². The molecule has 0 amide bonds. The first-order valence-electron chi connectivity index (χ1n) is 0. The van der Waals surface area contributed by atoms with Crippen LogP contribution < -0.4 is 0 Å². The second-order valence-electron chi connectivity index (χ2n) is 0. The van der Waals surface area contributed by atoms with Crippen molar-refractivity contribution in [1.29, 1.82) is 0 Å². The van der Waals surface area contributed by atoms with Crippen LogP contribution >= 0.6 is 37.2 Å². The molecule has 25 heteroatoms. The van der Waals surface area contributed by atoms with Gasteiger partial charge in [-0.1, -0.05) is 0 Å². The van der Waals surface area contributed by atoms with Crippen molar-refractivity contribution in [3.63, 3.8) is 0 Å². The first-order chi connectivity index (χ1) is 0. The van der Waals surface area contributed by atoms with Gasteiger partial charge in [0.15, 0.2) is 0 Å². The van der Waals surface area contributed by atoms with Crippen molar-refractivity contribution in [3.8, 4) is 0 Å². The van der Waals surface area contributed by atoms with Crippen molar-refractivity contribution in [3.05, 3.63) is 0 Å². The monoisotopic (exact) mass is 636 g/mol. The summed E-state index contributed by atoms with van der Waals surface area (Å²) in [7, 11) is 0. The summed E-state index contributed by atoms with van der Waals surface area (Å²) in [5, 5.41) is 0. The van der Waals surface area contributed by atoms with Gasteiger partial charge < -0.3 is 0 Å². The predicted octanol–water partition coefficient (Wildman–Crippen LogP) is -13.0. The van der Waals surface area contributed by atoms with Gasteiger partial charge in [0.05, 0.1) is 0 Å². The molecular formula is H25Cl3Na22. The van der Waals surface area contributed by atoms with E-state index < -0.39 is 0 Å². The van der Waals surface area contributed by atoms with Crippen LogP contribution in [-0.4, -0.2) is 650 Å². The third-order valence-corrected chi connectivity index (χ3v) is 0. The number of hydrogen-bond acceptors (Lipinski definition) is 0. The van der Waals surface area contributed by atoms with Gasteiger partial charge in [-0.2, -0.15) is 0 Å². The summed E-state index contributed by atoms with van der Waals surface area (Å²) >= 11 is 0. The van der Waals surface area contributed by atoms with Crippen molar-refractivity contribution in [1.82, 2.24) is 0 Å². The van der Waals surface area contributed by atoms with E-state index in [1.54, 1.807) is 0 Å². The molecule has 0 aliphatic heterocycles. The summed E-state index contributed by atoms with van der Waals surface area (Å²) in [6.45, 7) is 0. The molecule has 0 atom stereocenters. The fraction of sp³-hybridized carbons (Fsp3) is 0. The fourth-order valence-corrected chi connectivity index (χ4v) is 0. The Labute approximate surface area is 663 Å². The molecule has 0 saturated heterocycles. The summed E-state index contributed by atoms with van der Waals surface area (Å²) in [5.41, 5.74) is 0. The van der Waals surface area contributed by atoms with Crippen LogP contribution in [-0.2, 0) is 0 Å². The molecule has 0 aromatic rings. The van der Waals surface area contributed by atoms with Gasteiger partial charge in [0.1, 0.15) is 0 Å². The van der Waals surface area contributed by atoms with Crippen LogP contribution in [0.15, 0.2) is 0 Å². The van der Waals surface area contributed by atoms with Gasteiger partial charge in [-0.25, -0.2) is 0 Å². The summed E-state index contributed by atoms with van der Waals surface area (Å²) in [6, 6.07) is 0. The maximum absolute atomic E-state index is 0. The van der Waals surface area contributed by atoms with Crippen molar-refractivity contribution < 1.29 is 0 Å². The summed E-state index contributed by atoms with van der Waals surface area (Å²) < 4.78 is 0. The van der Waals surface area contributed by atoms with Gasteiger partial charge in [-0.15, -0.1) is 37.2 Å². The van der Waals surface area contributed by atoms with E-state index in [-0.39, 0.29) is 687 Å². The van der Waals surface area contributed by atoms with Crippen LogP contribution in [0.3, 0.4) is 0 Å². The summed E-state index contributed by atoms with van der Waals surface area (Å²) in [6.07, 6.45) is 0. The number of halogens is 3. The molecule has 0 aromatic heterocycles. The Hall–Kier alpha value is 22.9. The van der Waals surface area contributed by atoms with Gasteiger partial charge in [0, 0.05) is 0 Å². The van der Waals surface area contributed by atoms with Crippen LogP contribution in [0.2, 0.25) is 0 Å². The van der Waals surface area contributed by atoms with Crippen molar-refractivity contribution in [2.75, 3.05) is 0 Å². The van der Waals surface area contributed by atoms with E-state index in [0.717, 1.165) is 0 Å². The quantitative estimate of drug-likeness (QED) is 0.232. The van der Waals surface area contributed by atoms with Crippen molar-refractivity contribution in [2.24, 2.45) is 0 Å². The topological polar surface area (TPSA) is 0 Å². The maximum atomic E-state index is 0. The molecule has 0 aliphatic rings. The first kappa shape index (κ1) is 201.